The summed E-state index contributed by atoms with van der Waals surface area (Å²) in [6.07, 6.45) is 5.43. The minimum absolute atomic E-state index is 0.0337. The number of amides is 1. The lowest BCUT2D eigenvalue weighted by Crippen LogP contribution is -2.37. The molecule has 4 atom stereocenters. The number of aliphatic hydroxyl groups is 1. The summed E-state index contributed by atoms with van der Waals surface area (Å²) in [5.74, 6) is 0.392. The maximum atomic E-state index is 12.4. The summed E-state index contributed by atoms with van der Waals surface area (Å²) >= 11 is 0. The summed E-state index contributed by atoms with van der Waals surface area (Å²) in [5, 5.41) is 18.7. The van der Waals surface area contributed by atoms with Crippen LogP contribution in [0.1, 0.15) is 79.4 Å². The minimum atomic E-state index is -0.189. The van der Waals surface area contributed by atoms with Crippen molar-refractivity contribution >= 4 is 16.7 Å². The van der Waals surface area contributed by atoms with Gasteiger partial charge in [0.1, 0.15) is 0 Å². The molecule has 1 fully saturated rings. The lowest BCUT2D eigenvalue weighted by atomic mass is 9.80. The van der Waals surface area contributed by atoms with Crippen LogP contribution in [0, 0.1) is 0 Å². The highest BCUT2D eigenvalue weighted by Crippen LogP contribution is 2.34. The number of benzene rings is 3. The van der Waals surface area contributed by atoms with Crippen molar-refractivity contribution < 1.29 is 9.90 Å². The van der Waals surface area contributed by atoms with Crippen LogP contribution in [0.25, 0.3) is 10.8 Å². The number of nitrogens with one attached hydrogen (secondary N) is 2. The standard InChI is InChI=1S/C29H36N2O2/c1-3-25(19-32)31-29(33)23-16-14-21(15-17-23)24-10-6-11-26(18-24)30-20(2)27-13-7-9-22-8-4-5-12-28(22)27/h4-5,7-9,12-17,20,24-26,30,32H,3,6,10-11,18-19H2,1-2H3,(H,31,33)/t20-,24?,25+,26?/m1/s1. The van der Waals surface area contributed by atoms with E-state index in [-0.39, 0.29) is 18.6 Å². The van der Waals surface area contributed by atoms with Crippen LogP contribution in [-0.2, 0) is 0 Å². The zero-order valence-electron chi connectivity index (χ0n) is 19.8. The van der Waals surface area contributed by atoms with Crippen LogP contribution in [0.2, 0.25) is 0 Å². The molecule has 0 bridgehead atoms. The molecule has 33 heavy (non-hydrogen) atoms. The van der Waals surface area contributed by atoms with Crippen molar-refractivity contribution in [1.82, 2.24) is 10.6 Å². The Labute approximate surface area is 197 Å². The van der Waals surface area contributed by atoms with E-state index >= 15 is 0 Å². The molecular weight excluding hydrogens is 408 g/mol. The van der Waals surface area contributed by atoms with Crippen LogP contribution in [0.5, 0.6) is 0 Å². The van der Waals surface area contributed by atoms with Gasteiger partial charge in [0.2, 0.25) is 0 Å². The van der Waals surface area contributed by atoms with Gasteiger partial charge < -0.3 is 15.7 Å². The lowest BCUT2D eigenvalue weighted by molar-refractivity contribution is 0.0915. The molecule has 3 aromatic rings. The summed E-state index contributed by atoms with van der Waals surface area (Å²) in [6.45, 7) is 4.20. The second-order valence-electron chi connectivity index (χ2n) is 9.40. The van der Waals surface area contributed by atoms with E-state index in [1.54, 1.807) is 0 Å². The highest BCUT2D eigenvalue weighted by Gasteiger charge is 2.25. The Morgan fingerprint density at radius 3 is 2.55 bits per heavy atom. The van der Waals surface area contributed by atoms with Crippen molar-refractivity contribution in [2.75, 3.05) is 6.61 Å². The van der Waals surface area contributed by atoms with E-state index in [9.17, 15) is 9.90 Å². The van der Waals surface area contributed by atoms with Crippen molar-refractivity contribution in [1.29, 1.82) is 0 Å². The predicted octanol–water partition coefficient (Wildman–Crippen LogP) is 5.72. The number of carbonyl (C=O) groups is 1. The second-order valence-corrected chi connectivity index (χ2v) is 9.40. The zero-order chi connectivity index (χ0) is 23.2. The number of hydrogen-bond acceptors (Lipinski definition) is 3. The first-order valence-corrected chi connectivity index (χ1v) is 12.3. The highest BCUT2D eigenvalue weighted by molar-refractivity contribution is 5.94. The largest absolute Gasteiger partial charge is 0.394 e. The van der Waals surface area contributed by atoms with E-state index < -0.39 is 0 Å². The van der Waals surface area contributed by atoms with Crippen LogP contribution in [-0.4, -0.2) is 29.7 Å². The summed E-state index contributed by atoms with van der Waals surface area (Å²) in [7, 11) is 0. The molecule has 174 valence electrons. The summed E-state index contributed by atoms with van der Waals surface area (Å²) in [6, 6.07) is 23.8. The first-order valence-electron chi connectivity index (χ1n) is 12.3. The Bertz CT molecular complexity index is 1050. The van der Waals surface area contributed by atoms with E-state index in [1.807, 2.05) is 19.1 Å². The fraction of sp³-hybridized carbons (Fsp3) is 0.414. The number of fused-ring (bicyclic) bond motifs is 1. The smallest absolute Gasteiger partial charge is 0.251 e. The maximum absolute atomic E-state index is 12.4. The van der Waals surface area contributed by atoms with Crippen molar-refractivity contribution in [2.45, 2.75) is 70.0 Å². The molecule has 1 saturated carbocycles. The first-order chi connectivity index (χ1) is 16.1. The number of hydrogen-bond donors (Lipinski definition) is 3. The summed E-state index contributed by atoms with van der Waals surface area (Å²) in [4.78, 5) is 12.4. The molecule has 4 heteroatoms. The van der Waals surface area contributed by atoms with Gasteiger partial charge in [0.15, 0.2) is 0 Å². The molecule has 1 aliphatic rings. The molecule has 3 aromatic carbocycles. The van der Waals surface area contributed by atoms with Crippen LogP contribution >= 0.6 is 0 Å². The topological polar surface area (TPSA) is 61.4 Å². The van der Waals surface area contributed by atoms with Crippen molar-refractivity contribution in [3.63, 3.8) is 0 Å². The third-order valence-corrected chi connectivity index (χ3v) is 7.14. The fourth-order valence-corrected chi connectivity index (χ4v) is 5.17. The SMILES string of the molecule is CC[C@@H](CO)NC(=O)c1ccc(C2CCCC(N[C@H](C)c3cccc4ccccc34)C2)cc1. The van der Waals surface area contributed by atoms with E-state index in [4.69, 9.17) is 0 Å². The molecule has 0 aliphatic heterocycles. The fourth-order valence-electron chi connectivity index (χ4n) is 5.17. The monoisotopic (exact) mass is 444 g/mol. The van der Waals surface area contributed by atoms with Gasteiger partial charge in [-0.15, -0.1) is 0 Å². The normalized spacial score (nSPS) is 20.3. The number of carbonyl (C=O) groups excluding carboxylic acids is 1. The third kappa shape index (κ3) is 5.63. The maximum Gasteiger partial charge on any atom is 0.251 e. The quantitative estimate of drug-likeness (QED) is 0.417. The van der Waals surface area contributed by atoms with Gasteiger partial charge in [-0.3, -0.25) is 4.79 Å². The van der Waals surface area contributed by atoms with Crippen LogP contribution in [0.15, 0.2) is 66.7 Å². The Kier molecular flexibility index (Phi) is 7.79. The molecule has 0 spiro atoms. The third-order valence-electron chi connectivity index (χ3n) is 7.14. The lowest BCUT2D eigenvalue weighted by Gasteiger charge is -2.32. The molecule has 0 heterocycles. The number of rotatable bonds is 8. The Morgan fingerprint density at radius 2 is 1.79 bits per heavy atom. The van der Waals surface area contributed by atoms with E-state index in [0.717, 1.165) is 6.42 Å². The predicted molar refractivity (Wildman–Crippen MR) is 136 cm³/mol. The Hall–Kier alpha value is -2.69. The van der Waals surface area contributed by atoms with Gasteiger partial charge >= 0.3 is 0 Å². The Balaban J connectivity index is 1.39. The van der Waals surface area contributed by atoms with Gasteiger partial charge in [-0.1, -0.05) is 67.9 Å². The van der Waals surface area contributed by atoms with Gasteiger partial charge in [-0.05, 0) is 72.6 Å². The molecule has 1 amide bonds. The summed E-state index contributed by atoms with van der Waals surface area (Å²) < 4.78 is 0. The van der Waals surface area contributed by atoms with E-state index in [2.05, 4.69) is 72.2 Å². The molecule has 3 N–H and O–H groups in total. The average molecular weight is 445 g/mol. The van der Waals surface area contributed by atoms with Gasteiger partial charge in [-0.25, -0.2) is 0 Å². The molecule has 0 radical (unpaired) electrons. The van der Waals surface area contributed by atoms with Crippen LogP contribution in [0.4, 0.5) is 0 Å². The van der Waals surface area contributed by atoms with E-state index in [0.29, 0.717) is 30.0 Å². The highest BCUT2D eigenvalue weighted by atomic mass is 16.3. The van der Waals surface area contributed by atoms with Crippen molar-refractivity contribution in [3.05, 3.63) is 83.4 Å². The van der Waals surface area contributed by atoms with Gasteiger partial charge in [-0.2, -0.15) is 0 Å². The minimum Gasteiger partial charge on any atom is -0.394 e. The van der Waals surface area contributed by atoms with Crippen molar-refractivity contribution in [2.24, 2.45) is 0 Å². The van der Waals surface area contributed by atoms with Crippen LogP contribution < -0.4 is 10.6 Å². The van der Waals surface area contributed by atoms with Crippen LogP contribution in [0.3, 0.4) is 0 Å². The molecule has 4 rings (SSSR count). The van der Waals surface area contributed by atoms with Gasteiger partial charge in [0, 0.05) is 17.6 Å². The molecule has 2 unspecified atom stereocenters. The summed E-state index contributed by atoms with van der Waals surface area (Å²) in [5.41, 5.74) is 3.32. The first kappa shape index (κ1) is 23.5. The Morgan fingerprint density at radius 1 is 1.03 bits per heavy atom. The molecule has 4 nitrogen and oxygen atoms in total. The molecular formula is C29H36N2O2. The van der Waals surface area contributed by atoms with Crippen molar-refractivity contribution in [3.8, 4) is 0 Å². The second kappa shape index (κ2) is 11.0. The molecule has 0 saturated heterocycles. The van der Waals surface area contributed by atoms with Gasteiger partial charge in [0.05, 0.1) is 12.6 Å². The molecule has 1 aliphatic carbocycles. The zero-order valence-corrected chi connectivity index (χ0v) is 19.8. The van der Waals surface area contributed by atoms with E-state index in [1.165, 1.54) is 41.2 Å². The number of aliphatic hydroxyl groups excluding tert-OH is 1. The average Bonchev–Trinajstić information content (AvgIpc) is 2.87. The van der Waals surface area contributed by atoms with Gasteiger partial charge in [0.25, 0.3) is 5.91 Å². The molecule has 0 aromatic heterocycles.